The molecule has 0 heterocycles. The van der Waals surface area contributed by atoms with Gasteiger partial charge in [0.1, 0.15) is 0 Å². The molecule has 1 nitrogen and oxygen atoms in total. The van der Waals surface area contributed by atoms with Crippen LogP contribution in [0.5, 0.6) is 0 Å². The summed E-state index contributed by atoms with van der Waals surface area (Å²) in [6.45, 7) is 19.6. The molecule has 0 aliphatic carbocycles. The van der Waals surface area contributed by atoms with E-state index in [1.54, 1.807) is 0 Å². The highest BCUT2D eigenvalue weighted by Gasteiger charge is 2.20. The molecule has 17 heavy (non-hydrogen) atoms. The van der Waals surface area contributed by atoms with E-state index in [0.717, 1.165) is 6.54 Å². The molecule has 1 heteroatoms. The van der Waals surface area contributed by atoms with Gasteiger partial charge >= 0.3 is 0 Å². The molecule has 0 radical (unpaired) electrons. The first-order valence-electron chi connectivity index (χ1n) is 7.16. The van der Waals surface area contributed by atoms with Crippen LogP contribution in [0, 0.1) is 10.8 Å². The van der Waals surface area contributed by atoms with Gasteiger partial charge in [-0.15, -0.1) is 0 Å². The van der Waals surface area contributed by atoms with E-state index in [9.17, 15) is 0 Å². The molecule has 0 saturated carbocycles. The van der Waals surface area contributed by atoms with Crippen molar-refractivity contribution in [1.29, 1.82) is 0 Å². The Morgan fingerprint density at radius 2 is 1.24 bits per heavy atom. The van der Waals surface area contributed by atoms with Crippen molar-refractivity contribution in [2.24, 2.45) is 10.8 Å². The molecular weight excluding hydrogens is 206 g/mol. The van der Waals surface area contributed by atoms with Crippen molar-refractivity contribution in [1.82, 2.24) is 5.32 Å². The van der Waals surface area contributed by atoms with Gasteiger partial charge in [-0.2, -0.15) is 0 Å². The molecular formula is C16H35N. The van der Waals surface area contributed by atoms with Crippen LogP contribution in [0.4, 0.5) is 0 Å². The zero-order valence-electron chi connectivity index (χ0n) is 13.5. The Bertz CT molecular complexity index is 181. The summed E-state index contributed by atoms with van der Waals surface area (Å²) in [5, 5.41) is 3.58. The van der Waals surface area contributed by atoms with Crippen molar-refractivity contribution < 1.29 is 0 Å². The average Bonchev–Trinajstić information content (AvgIpc) is 1.96. The SMILES string of the molecule is CC(C)(C)CCCC(C)(C)CCNC(C)(C)C. The van der Waals surface area contributed by atoms with Gasteiger partial charge in [-0.1, -0.05) is 41.0 Å². The summed E-state index contributed by atoms with van der Waals surface area (Å²) in [5.41, 5.74) is 1.21. The van der Waals surface area contributed by atoms with E-state index >= 15 is 0 Å². The number of hydrogen-bond donors (Lipinski definition) is 1. The van der Waals surface area contributed by atoms with Gasteiger partial charge in [0.15, 0.2) is 0 Å². The molecule has 0 unspecified atom stereocenters. The Morgan fingerprint density at radius 1 is 0.706 bits per heavy atom. The largest absolute Gasteiger partial charge is 0.312 e. The van der Waals surface area contributed by atoms with E-state index in [1.807, 2.05) is 0 Å². The van der Waals surface area contributed by atoms with Crippen LogP contribution in [0.25, 0.3) is 0 Å². The Balaban J connectivity index is 3.81. The third-order valence-electron chi connectivity index (χ3n) is 3.24. The summed E-state index contributed by atoms with van der Waals surface area (Å²) in [6.07, 6.45) is 5.31. The highest BCUT2D eigenvalue weighted by molar-refractivity contribution is 4.75. The van der Waals surface area contributed by atoms with Crippen LogP contribution in [-0.2, 0) is 0 Å². The number of nitrogens with one attached hydrogen (secondary N) is 1. The quantitative estimate of drug-likeness (QED) is 0.689. The third-order valence-corrected chi connectivity index (χ3v) is 3.24. The lowest BCUT2D eigenvalue weighted by molar-refractivity contribution is 0.254. The second-order valence-corrected chi connectivity index (χ2v) is 8.51. The van der Waals surface area contributed by atoms with Crippen LogP contribution in [0.2, 0.25) is 0 Å². The monoisotopic (exact) mass is 241 g/mol. The maximum atomic E-state index is 3.58. The Hall–Kier alpha value is -0.0400. The summed E-state index contributed by atoms with van der Waals surface area (Å²) in [5.74, 6) is 0. The van der Waals surface area contributed by atoms with Crippen molar-refractivity contribution in [3.63, 3.8) is 0 Å². The van der Waals surface area contributed by atoms with Crippen LogP contribution in [-0.4, -0.2) is 12.1 Å². The summed E-state index contributed by atoms with van der Waals surface area (Å²) in [4.78, 5) is 0. The maximum Gasteiger partial charge on any atom is 0.00965 e. The molecule has 0 aliphatic rings. The van der Waals surface area contributed by atoms with Crippen molar-refractivity contribution in [3.8, 4) is 0 Å². The van der Waals surface area contributed by atoms with Crippen molar-refractivity contribution in [3.05, 3.63) is 0 Å². The summed E-state index contributed by atoms with van der Waals surface area (Å²) in [6, 6.07) is 0. The van der Waals surface area contributed by atoms with Crippen LogP contribution >= 0.6 is 0 Å². The van der Waals surface area contributed by atoms with E-state index < -0.39 is 0 Å². The van der Waals surface area contributed by atoms with Gasteiger partial charge in [-0.3, -0.25) is 0 Å². The highest BCUT2D eigenvalue weighted by atomic mass is 14.9. The lowest BCUT2D eigenvalue weighted by Gasteiger charge is -2.29. The Kier molecular flexibility index (Phi) is 6.21. The topological polar surface area (TPSA) is 12.0 Å². The average molecular weight is 241 g/mol. The zero-order chi connectivity index (χ0) is 13.7. The molecule has 0 amide bonds. The molecule has 104 valence electrons. The van der Waals surface area contributed by atoms with Crippen LogP contribution in [0.15, 0.2) is 0 Å². The standard InChI is InChI=1S/C16H35N/c1-14(2,3)10-9-11-16(7,8)12-13-17-15(4,5)6/h17H,9-13H2,1-8H3. The minimum Gasteiger partial charge on any atom is -0.312 e. The van der Waals surface area contributed by atoms with Crippen LogP contribution < -0.4 is 5.32 Å². The van der Waals surface area contributed by atoms with E-state index in [2.05, 4.69) is 60.7 Å². The van der Waals surface area contributed by atoms with Gasteiger partial charge in [0.25, 0.3) is 0 Å². The Labute approximate surface area is 110 Å². The molecule has 0 fully saturated rings. The fourth-order valence-corrected chi connectivity index (χ4v) is 2.00. The molecule has 0 aromatic carbocycles. The molecule has 0 atom stereocenters. The minimum atomic E-state index is 0.251. The number of hydrogen-bond acceptors (Lipinski definition) is 1. The van der Waals surface area contributed by atoms with Gasteiger partial charge < -0.3 is 5.32 Å². The number of rotatable bonds is 6. The van der Waals surface area contributed by atoms with Crippen LogP contribution in [0.1, 0.15) is 81.1 Å². The summed E-state index contributed by atoms with van der Waals surface area (Å²) >= 11 is 0. The fraction of sp³-hybridized carbons (Fsp3) is 1.00. The first kappa shape index (κ1) is 17.0. The van der Waals surface area contributed by atoms with Crippen molar-refractivity contribution in [2.75, 3.05) is 6.54 Å². The fourth-order valence-electron chi connectivity index (χ4n) is 2.00. The first-order chi connectivity index (χ1) is 7.41. The van der Waals surface area contributed by atoms with E-state index in [-0.39, 0.29) is 5.54 Å². The van der Waals surface area contributed by atoms with Gasteiger partial charge in [-0.25, -0.2) is 0 Å². The van der Waals surface area contributed by atoms with Gasteiger partial charge in [0.2, 0.25) is 0 Å². The van der Waals surface area contributed by atoms with Crippen molar-refractivity contribution in [2.45, 2.75) is 86.6 Å². The van der Waals surface area contributed by atoms with Gasteiger partial charge in [0, 0.05) is 5.54 Å². The molecule has 0 aromatic heterocycles. The lowest BCUT2D eigenvalue weighted by atomic mass is 9.80. The predicted octanol–water partition coefficient (Wildman–Crippen LogP) is 5.01. The van der Waals surface area contributed by atoms with Crippen LogP contribution in [0.3, 0.4) is 0 Å². The lowest BCUT2D eigenvalue weighted by Crippen LogP contribution is -2.37. The normalized spacial score (nSPS) is 14.1. The molecule has 0 aliphatic heterocycles. The highest BCUT2D eigenvalue weighted by Crippen LogP contribution is 2.30. The van der Waals surface area contributed by atoms with Gasteiger partial charge in [0.05, 0.1) is 0 Å². The summed E-state index contributed by atoms with van der Waals surface area (Å²) < 4.78 is 0. The van der Waals surface area contributed by atoms with Crippen molar-refractivity contribution >= 4 is 0 Å². The van der Waals surface area contributed by atoms with E-state index in [1.165, 1.54) is 25.7 Å². The Morgan fingerprint density at radius 3 is 1.65 bits per heavy atom. The second-order valence-electron chi connectivity index (χ2n) is 8.51. The predicted molar refractivity (Wildman–Crippen MR) is 79.5 cm³/mol. The van der Waals surface area contributed by atoms with Gasteiger partial charge in [-0.05, 0) is 57.4 Å². The minimum absolute atomic E-state index is 0.251. The zero-order valence-corrected chi connectivity index (χ0v) is 13.5. The molecule has 1 N–H and O–H groups in total. The molecule has 0 bridgehead atoms. The second kappa shape index (κ2) is 6.22. The first-order valence-corrected chi connectivity index (χ1v) is 7.16. The smallest absolute Gasteiger partial charge is 0.00965 e. The summed E-state index contributed by atoms with van der Waals surface area (Å²) in [7, 11) is 0. The molecule has 0 rings (SSSR count). The molecule has 0 spiro atoms. The molecule has 0 saturated heterocycles. The molecule has 0 aromatic rings. The third kappa shape index (κ3) is 12.2. The van der Waals surface area contributed by atoms with E-state index in [0.29, 0.717) is 10.8 Å². The van der Waals surface area contributed by atoms with E-state index in [4.69, 9.17) is 0 Å². The maximum absolute atomic E-state index is 3.58.